The number of benzene rings is 2. The average Bonchev–Trinajstić information content (AvgIpc) is 2.97. The van der Waals surface area contributed by atoms with Gasteiger partial charge in [0.25, 0.3) is 0 Å². The molecule has 0 atom stereocenters. The fourth-order valence-corrected chi connectivity index (χ4v) is 2.91. The monoisotopic (exact) mass is 334 g/mol. The largest absolute Gasteiger partial charge is 0.350 e. The van der Waals surface area contributed by atoms with E-state index in [4.69, 9.17) is 4.84 Å². The Bertz CT molecular complexity index is 938. The lowest BCUT2D eigenvalue weighted by Crippen LogP contribution is -2.09. The molecule has 0 spiro atoms. The van der Waals surface area contributed by atoms with Gasteiger partial charge in [-0.3, -0.25) is 0 Å². The Morgan fingerprint density at radius 1 is 1.12 bits per heavy atom. The Morgan fingerprint density at radius 3 is 2.60 bits per heavy atom. The molecule has 4 nitrogen and oxygen atoms in total. The molecule has 0 aliphatic heterocycles. The number of aryl methyl sites for hydroxylation is 2. The number of rotatable bonds is 5. The van der Waals surface area contributed by atoms with Crippen LogP contribution in [-0.4, -0.2) is 16.2 Å². The van der Waals surface area contributed by atoms with Crippen molar-refractivity contribution < 1.29 is 9.63 Å². The number of carbonyl (C=O) groups is 1. The predicted molar refractivity (Wildman–Crippen MR) is 101 cm³/mol. The lowest BCUT2D eigenvalue weighted by molar-refractivity contribution is -0.143. The molecule has 0 unspecified atom stereocenters. The number of nitrogens with zero attached hydrogens (tertiary/aromatic N) is 2. The molecule has 0 aliphatic rings. The number of oxime groups is 1. The van der Waals surface area contributed by atoms with Gasteiger partial charge in [-0.15, -0.1) is 0 Å². The van der Waals surface area contributed by atoms with Gasteiger partial charge >= 0.3 is 5.97 Å². The van der Waals surface area contributed by atoms with Crippen molar-refractivity contribution in [3.8, 4) is 0 Å². The van der Waals surface area contributed by atoms with E-state index in [1.165, 1.54) is 11.1 Å². The van der Waals surface area contributed by atoms with Gasteiger partial charge in [0.15, 0.2) is 0 Å². The Morgan fingerprint density at radius 2 is 1.84 bits per heavy atom. The van der Waals surface area contributed by atoms with Crippen LogP contribution in [0.3, 0.4) is 0 Å². The van der Waals surface area contributed by atoms with Crippen LogP contribution in [-0.2, 0) is 23.1 Å². The van der Waals surface area contributed by atoms with E-state index in [1.54, 1.807) is 6.92 Å². The van der Waals surface area contributed by atoms with Crippen molar-refractivity contribution in [3.63, 3.8) is 0 Å². The maximum Gasteiger partial charge on any atom is 0.334 e. The highest BCUT2D eigenvalue weighted by Gasteiger charge is 2.15. The fourth-order valence-electron chi connectivity index (χ4n) is 2.91. The van der Waals surface area contributed by atoms with Gasteiger partial charge in [0, 0.05) is 42.6 Å². The maximum absolute atomic E-state index is 11.6. The molecule has 0 N–H and O–H groups in total. The highest BCUT2D eigenvalue weighted by molar-refractivity contribution is 6.11. The zero-order valence-electron chi connectivity index (χ0n) is 14.8. The van der Waals surface area contributed by atoms with Gasteiger partial charge in [0.1, 0.15) is 0 Å². The number of carbonyl (C=O) groups excluding carboxylic acids is 1. The van der Waals surface area contributed by atoms with Gasteiger partial charge in [-0.1, -0.05) is 54.5 Å². The number of hydrogen-bond acceptors (Lipinski definition) is 3. The number of aromatic nitrogens is 1. The van der Waals surface area contributed by atoms with E-state index in [2.05, 4.69) is 40.9 Å². The summed E-state index contributed by atoms with van der Waals surface area (Å²) < 4.78 is 2.07. The highest BCUT2D eigenvalue weighted by atomic mass is 16.7. The Kier molecular flexibility index (Phi) is 4.98. The lowest BCUT2D eigenvalue weighted by Gasteiger charge is -2.08. The van der Waals surface area contributed by atoms with Crippen molar-refractivity contribution in [1.29, 1.82) is 0 Å². The van der Waals surface area contributed by atoms with E-state index in [0.717, 1.165) is 22.2 Å². The number of para-hydroxylation sites is 1. The molecular weight excluding hydrogens is 312 g/mol. The summed E-state index contributed by atoms with van der Waals surface area (Å²) in [5.41, 5.74) is 5.23. The molecule has 0 bridgehead atoms. The SMILES string of the molecule is CCC(=O)O/N=C(\Cc1ccccc1C)c1cn(C)c2ccccc12. The van der Waals surface area contributed by atoms with Crippen LogP contribution in [0.5, 0.6) is 0 Å². The van der Waals surface area contributed by atoms with Crippen LogP contribution < -0.4 is 0 Å². The Hall–Kier alpha value is -2.88. The molecular formula is C21H22N2O2. The van der Waals surface area contributed by atoms with Crippen LogP contribution in [0.2, 0.25) is 0 Å². The van der Waals surface area contributed by atoms with Crippen LogP contribution in [0.25, 0.3) is 10.9 Å². The first kappa shape index (κ1) is 17.0. The first-order valence-electron chi connectivity index (χ1n) is 8.45. The van der Waals surface area contributed by atoms with Crippen LogP contribution in [0.15, 0.2) is 59.9 Å². The summed E-state index contributed by atoms with van der Waals surface area (Å²) in [4.78, 5) is 16.7. The summed E-state index contributed by atoms with van der Waals surface area (Å²) in [5.74, 6) is -0.331. The maximum atomic E-state index is 11.6. The third kappa shape index (κ3) is 3.63. The van der Waals surface area contributed by atoms with Crippen molar-refractivity contribution in [3.05, 3.63) is 71.4 Å². The molecule has 0 amide bonds. The van der Waals surface area contributed by atoms with E-state index in [-0.39, 0.29) is 5.97 Å². The Labute approximate surface area is 147 Å². The number of fused-ring (bicyclic) bond motifs is 1. The third-order valence-corrected chi connectivity index (χ3v) is 4.37. The van der Waals surface area contributed by atoms with Crippen molar-refractivity contribution >= 4 is 22.6 Å². The summed E-state index contributed by atoms with van der Waals surface area (Å²) >= 11 is 0. The predicted octanol–water partition coefficient (Wildman–Crippen LogP) is 4.39. The topological polar surface area (TPSA) is 43.6 Å². The van der Waals surface area contributed by atoms with Crippen molar-refractivity contribution in [1.82, 2.24) is 4.57 Å². The molecule has 25 heavy (non-hydrogen) atoms. The van der Waals surface area contributed by atoms with Gasteiger partial charge in [-0.2, -0.15) is 0 Å². The molecule has 0 saturated heterocycles. The van der Waals surface area contributed by atoms with E-state index in [9.17, 15) is 4.79 Å². The van der Waals surface area contributed by atoms with Crippen LogP contribution in [0, 0.1) is 6.92 Å². The molecule has 1 heterocycles. The van der Waals surface area contributed by atoms with Crippen molar-refractivity contribution in [2.45, 2.75) is 26.7 Å². The van der Waals surface area contributed by atoms with Gasteiger partial charge in [0.05, 0.1) is 5.71 Å². The molecule has 0 aliphatic carbocycles. The normalized spacial score (nSPS) is 11.7. The molecule has 1 aromatic heterocycles. The first-order chi connectivity index (χ1) is 12.1. The molecule has 0 saturated carbocycles. The smallest absolute Gasteiger partial charge is 0.334 e. The summed E-state index contributed by atoms with van der Waals surface area (Å²) in [7, 11) is 2.01. The second-order valence-corrected chi connectivity index (χ2v) is 6.13. The van der Waals surface area contributed by atoms with Gasteiger partial charge in [-0.25, -0.2) is 4.79 Å². The van der Waals surface area contributed by atoms with Crippen LogP contribution in [0.4, 0.5) is 0 Å². The standard InChI is InChI=1S/C21H22N2O2/c1-4-21(24)25-22-19(13-16-10-6-5-9-15(16)2)18-14-23(3)20-12-8-7-11-17(18)20/h5-12,14H,4,13H2,1-3H3/b22-19+. The van der Waals surface area contributed by atoms with E-state index >= 15 is 0 Å². The minimum Gasteiger partial charge on any atom is -0.350 e. The molecule has 3 rings (SSSR count). The van der Waals surface area contributed by atoms with Crippen LogP contribution >= 0.6 is 0 Å². The highest BCUT2D eigenvalue weighted by Crippen LogP contribution is 2.23. The lowest BCUT2D eigenvalue weighted by atomic mass is 9.98. The summed E-state index contributed by atoms with van der Waals surface area (Å²) in [6.45, 7) is 3.84. The van der Waals surface area contributed by atoms with Gasteiger partial charge in [0.2, 0.25) is 0 Å². The second-order valence-electron chi connectivity index (χ2n) is 6.13. The molecule has 0 fully saturated rings. The van der Waals surface area contributed by atoms with E-state index in [0.29, 0.717) is 12.8 Å². The molecule has 4 heteroatoms. The molecule has 3 aromatic rings. The Balaban J connectivity index is 2.07. The van der Waals surface area contributed by atoms with Crippen LogP contribution in [0.1, 0.15) is 30.0 Å². The summed E-state index contributed by atoms with van der Waals surface area (Å²) in [6.07, 6.45) is 2.95. The summed E-state index contributed by atoms with van der Waals surface area (Å²) in [6, 6.07) is 16.4. The minimum atomic E-state index is -0.331. The van der Waals surface area contributed by atoms with Gasteiger partial charge < -0.3 is 9.40 Å². The van der Waals surface area contributed by atoms with E-state index < -0.39 is 0 Å². The molecule has 0 radical (unpaired) electrons. The molecule has 128 valence electrons. The van der Waals surface area contributed by atoms with Gasteiger partial charge in [-0.05, 0) is 24.1 Å². The summed E-state index contributed by atoms with van der Waals surface area (Å²) in [5, 5.41) is 5.32. The number of hydrogen-bond donors (Lipinski definition) is 0. The van der Waals surface area contributed by atoms with E-state index in [1.807, 2.05) is 37.5 Å². The quantitative estimate of drug-likeness (QED) is 0.395. The molecule has 2 aromatic carbocycles. The average molecular weight is 334 g/mol. The first-order valence-corrected chi connectivity index (χ1v) is 8.45. The van der Waals surface area contributed by atoms with Crippen molar-refractivity contribution in [2.75, 3.05) is 0 Å². The minimum absolute atomic E-state index is 0.302. The zero-order valence-corrected chi connectivity index (χ0v) is 14.8. The van der Waals surface area contributed by atoms with Crippen molar-refractivity contribution in [2.24, 2.45) is 12.2 Å². The fraction of sp³-hybridized carbons (Fsp3) is 0.238. The second kappa shape index (κ2) is 7.34. The zero-order chi connectivity index (χ0) is 17.8. The third-order valence-electron chi connectivity index (χ3n) is 4.37.